The highest BCUT2D eigenvalue weighted by molar-refractivity contribution is 6.07. The molecule has 0 radical (unpaired) electrons. The molecule has 2 aromatic carbocycles. The van der Waals surface area contributed by atoms with Gasteiger partial charge in [-0.1, -0.05) is 12.1 Å². The highest BCUT2D eigenvalue weighted by Gasteiger charge is 2.09. The average Bonchev–Trinajstić information content (AvgIpc) is 2.67. The van der Waals surface area contributed by atoms with Crippen molar-refractivity contribution in [3.63, 3.8) is 0 Å². The summed E-state index contributed by atoms with van der Waals surface area (Å²) in [7, 11) is 3.38. The Kier molecular flexibility index (Phi) is 7.17. The maximum absolute atomic E-state index is 12.4. The third-order valence-corrected chi connectivity index (χ3v) is 3.83. The summed E-state index contributed by atoms with van der Waals surface area (Å²) < 4.78 is 11.1. The summed E-state index contributed by atoms with van der Waals surface area (Å²) in [5, 5.41) is 0. The van der Waals surface area contributed by atoms with Crippen LogP contribution in [0.3, 0.4) is 0 Å². The van der Waals surface area contributed by atoms with E-state index in [-0.39, 0.29) is 11.7 Å². The molecule has 0 aromatic heterocycles. The SMILES string of the molecule is CCOc1ccc(/C=C/C(=O)c2ccc(C(=O)N(C)C)cc2)c(OCC)c1. The van der Waals surface area contributed by atoms with Crippen molar-refractivity contribution >= 4 is 17.8 Å². The molecule has 0 aliphatic heterocycles. The number of allylic oxidation sites excluding steroid dienone is 1. The van der Waals surface area contributed by atoms with Crippen molar-refractivity contribution in [3.8, 4) is 11.5 Å². The lowest BCUT2D eigenvalue weighted by Gasteiger charge is -2.10. The van der Waals surface area contributed by atoms with Crippen LogP contribution in [-0.4, -0.2) is 43.9 Å². The smallest absolute Gasteiger partial charge is 0.253 e. The molecule has 2 rings (SSSR count). The largest absolute Gasteiger partial charge is 0.494 e. The topological polar surface area (TPSA) is 55.8 Å². The van der Waals surface area contributed by atoms with Crippen molar-refractivity contribution in [2.75, 3.05) is 27.3 Å². The van der Waals surface area contributed by atoms with Crippen LogP contribution in [0.5, 0.6) is 11.5 Å². The van der Waals surface area contributed by atoms with Crippen LogP contribution in [0.4, 0.5) is 0 Å². The zero-order valence-corrected chi connectivity index (χ0v) is 16.2. The van der Waals surface area contributed by atoms with Crippen LogP contribution in [0, 0.1) is 0 Å². The Morgan fingerprint density at radius 2 is 1.56 bits per heavy atom. The van der Waals surface area contributed by atoms with Crippen molar-refractivity contribution in [2.24, 2.45) is 0 Å². The molecule has 2 aromatic rings. The van der Waals surface area contributed by atoms with Crippen molar-refractivity contribution in [1.82, 2.24) is 4.90 Å². The van der Waals surface area contributed by atoms with Crippen molar-refractivity contribution in [3.05, 3.63) is 65.2 Å². The van der Waals surface area contributed by atoms with Gasteiger partial charge in [0.15, 0.2) is 5.78 Å². The first kappa shape index (κ1) is 20.2. The van der Waals surface area contributed by atoms with Crippen LogP contribution in [0.1, 0.15) is 40.1 Å². The minimum absolute atomic E-state index is 0.0970. The van der Waals surface area contributed by atoms with Crippen molar-refractivity contribution in [2.45, 2.75) is 13.8 Å². The fraction of sp³-hybridized carbons (Fsp3) is 0.273. The van der Waals surface area contributed by atoms with E-state index in [1.807, 2.05) is 32.0 Å². The van der Waals surface area contributed by atoms with Crippen LogP contribution in [0.15, 0.2) is 48.5 Å². The van der Waals surface area contributed by atoms with E-state index < -0.39 is 0 Å². The lowest BCUT2D eigenvalue weighted by Crippen LogP contribution is -2.21. The van der Waals surface area contributed by atoms with Gasteiger partial charge < -0.3 is 14.4 Å². The first-order valence-electron chi connectivity index (χ1n) is 8.90. The van der Waals surface area contributed by atoms with Crippen molar-refractivity contribution in [1.29, 1.82) is 0 Å². The van der Waals surface area contributed by atoms with E-state index in [9.17, 15) is 9.59 Å². The van der Waals surface area contributed by atoms with Gasteiger partial charge >= 0.3 is 0 Å². The summed E-state index contributed by atoms with van der Waals surface area (Å²) in [5.74, 6) is 1.15. The Balaban J connectivity index is 2.17. The highest BCUT2D eigenvalue weighted by Crippen LogP contribution is 2.26. The molecule has 5 heteroatoms. The number of nitrogens with zero attached hydrogens (tertiary/aromatic N) is 1. The first-order valence-corrected chi connectivity index (χ1v) is 8.90. The molecule has 0 saturated heterocycles. The second kappa shape index (κ2) is 9.57. The summed E-state index contributed by atoms with van der Waals surface area (Å²) >= 11 is 0. The number of hydrogen-bond acceptors (Lipinski definition) is 4. The molecule has 0 fully saturated rings. The highest BCUT2D eigenvalue weighted by atomic mass is 16.5. The summed E-state index contributed by atoms with van der Waals surface area (Å²) in [4.78, 5) is 25.8. The molecule has 0 atom stereocenters. The van der Waals surface area contributed by atoms with E-state index in [4.69, 9.17) is 9.47 Å². The number of ether oxygens (including phenoxy) is 2. The minimum atomic E-state index is -0.143. The summed E-state index contributed by atoms with van der Waals surface area (Å²) in [6.45, 7) is 4.92. The Labute approximate surface area is 160 Å². The fourth-order valence-corrected chi connectivity index (χ4v) is 2.49. The number of amides is 1. The molecule has 142 valence electrons. The molecule has 27 heavy (non-hydrogen) atoms. The van der Waals surface area contributed by atoms with E-state index in [1.165, 1.54) is 11.0 Å². The van der Waals surface area contributed by atoms with E-state index >= 15 is 0 Å². The second-order valence-corrected chi connectivity index (χ2v) is 6.04. The Bertz CT molecular complexity index is 823. The van der Waals surface area contributed by atoms with Gasteiger partial charge in [-0.05, 0) is 50.3 Å². The molecule has 0 aliphatic rings. The van der Waals surface area contributed by atoms with Crippen LogP contribution in [-0.2, 0) is 0 Å². The molecule has 0 unspecified atom stereocenters. The molecule has 0 bridgehead atoms. The third-order valence-electron chi connectivity index (χ3n) is 3.83. The predicted octanol–water partition coefficient (Wildman–Crippen LogP) is 4.08. The lowest BCUT2D eigenvalue weighted by molar-refractivity contribution is 0.0827. The molecule has 0 N–H and O–H groups in total. The van der Waals surface area contributed by atoms with Gasteiger partial charge in [0.05, 0.1) is 13.2 Å². The zero-order valence-electron chi connectivity index (χ0n) is 16.2. The van der Waals surface area contributed by atoms with E-state index in [0.717, 1.165) is 11.3 Å². The number of hydrogen-bond donors (Lipinski definition) is 0. The second-order valence-electron chi connectivity index (χ2n) is 6.04. The predicted molar refractivity (Wildman–Crippen MR) is 107 cm³/mol. The molecule has 0 aliphatic carbocycles. The molecule has 5 nitrogen and oxygen atoms in total. The maximum Gasteiger partial charge on any atom is 0.253 e. The molecular formula is C22H25NO4. The van der Waals surface area contributed by atoms with Gasteiger partial charge in [0.25, 0.3) is 5.91 Å². The minimum Gasteiger partial charge on any atom is -0.494 e. The Hall–Kier alpha value is -3.08. The van der Waals surface area contributed by atoms with Gasteiger partial charge in [-0.15, -0.1) is 0 Å². The number of carbonyl (C=O) groups is 2. The quantitative estimate of drug-likeness (QED) is 0.521. The lowest BCUT2D eigenvalue weighted by atomic mass is 10.1. The summed E-state index contributed by atoms with van der Waals surface area (Å²) in [6.07, 6.45) is 3.23. The molecule has 0 heterocycles. The van der Waals surface area contributed by atoms with Gasteiger partial charge in [0.1, 0.15) is 11.5 Å². The van der Waals surface area contributed by atoms with Gasteiger partial charge in [-0.25, -0.2) is 0 Å². The first-order chi connectivity index (χ1) is 13.0. The Morgan fingerprint density at radius 3 is 2.15 bits per heavy atom. The van der Waals surface area contributed by atoms with Crippen LogP contribution < -0.4 is 9.47 Å². The average molecular weight is 367 g/mol. The van der Waals surface area contributed by atoms with Crippen LogP contribution >= 0.6 is 0 Å². The number of carbonyl (C=O) groups excluding carboxylic acids is 2. The van der Waals surface area contributed by atoms with Crippen LogP contribution in [0.25, 0.3) is 6.08 Å². The summed E-state index contributed by atoms with van der Waals surface area (Å²) in [6, 6.07) is 12.2. The van der Waals surface area contributed by atoms with E-state index in [2.05, 4.69) is 0 Å². The normalized spacial score (nSPS) is 10.7. The van der Waals surface area contributed by atoms with Crippen molar-refractivity contribution < 1.29 is 19.1 Å². The molecule has 0 saturated carbocycles. The standard InChI is InChI=1S/C22H25NO4/c1-5-26-19-13-11-17(21(15-19)27-6-2)12-14-20(24)16-7-9-18(10-8-16)22(25)23(3)4/h7-15H,5-6H2,1-4H3/b14-12+. The maximum atomic E-state index is 12.4. The zero-order chi connectivity index (χ0) is 19.8. The van der Waals surface area contributed by atoms with Gasteiger partial charge in [0, 0.05) is 36.9 Å². The van der Waals surface area contributed by atoms with Gasteiger partial charge in [0.2, 0.25) is 0 Å². The van der Waals surface area contributed by atoms with Gasteiger partial charge in [-0.2, -0.15) is 0 Å². The summed E-state index contributed by atoms with van der Waals surface area (Å²) in [5.41, 5.74) is 1.86. The van der Waals surface area contributed by atoms with Gasteiger partial charge in [-0.3, -0.25) is 9.59 Å². The van der Waals surface area contributed by atoms with Crippen LogP contribution in [0.2, 0.25) is 0 Å². The number of benzene rings is 2. The molecule has 0 spiro atoms. The molecule has 1 amide bonds. The monoisotopic (exact) mass is 367 g/mol. The third kappa shape index (κ3) is 5.45. The van der Waals surface area contributed by atoms with E-state index in [0.29, 0.717) is 30.1 Å². The molecular weight excluding hydrogens is 342 g/mol. The Morgan fingerprint density at radius 1 is 0.926 bits per heavy atom. The number of rotatable bonds is 8. The van der Waals surface area contributed by atoms with E-state index in [1.54, 1.807) is 44.4 Å². The fourth-order valence-electron chi connectivity index (χ4n) is 2.49. The number of ketones is 1.